The molecule has 1 aromatic rings. The molecule has 21 heavy (non-hydrogen) atoms. The van der Waals surface area contributed by atoms with Gasteiger partial charge in [0.15, 0.2) is 0 Å². The maximum Gasteiger partial charge on any atom is 0.253 e. The van der Waals surface area contributed by atoms with E-state index in [2.05, 4.69) is 10.2 Å². The molecule has 3 nitrogen and oxygen atoms in total. The van der Waals surface area contributed by atoms with E-state index >= 15 is 0 Å². The molecular formula is C16H18Cl2N2O. The van der Waals surface area contributed by atoms with Gasteiger partial charge in [0.2, 0.25) is 0 Å². The lowest BCUT2D eigenvalue weighted by Gasteiger charge is -2.55. The van der Waals surface area contributed by atoms with Crippen LogP contribution in [0.4, 0.5) is 0 Å². The Morgan fingerprint density at radius 2 is 1.86 bits per heavy atom. The van der Waals surface area contributed by atoms with Crippen LogP contribution in [0.25, 0.3) is 0 Å². The van der Waals surface area contributed by atoms with Crippen molar-refractivity contribution in [1.29, 1.82) is 0 Å². The van der Waals surface area contributed by atoms with Crippen LogP contribution < -0.4 is 5.32 Å². The maximum absolute atomic E-state index is 12.5. The van der Waals surface area contributed by atoms with Crippen molar-refractivity contribution in [3.05, 3.63) is 33.8 Å². The van der Waals surface area contributed by atoms with E-state index in [9.17, 15) is 4.79 Å². The molecule has 3 heterocycles. The zero-order valence-electron chi connectivity index (χ0n) is 11.7. The molecule has 3 aliphatic heterocycles. The highest BCUT2D eigenvalue weighted by molar-refractivity contribution is 6.36. The minimum absolute atomic E-state index is 0.0656. The molecule has 4 bridgehead atoms. The smallest absolute Gasteiger partial charge is 0.253 e. The average molecular weight is 325 g/mol. The Hall–Kier alpha value is -0.770. The van der Waals surface area contributed by atoms with Gasteiger partial charge >= 0.3 is 0 Å². The minimum atomic E-state index is -0.0656. The first-order valence-electron chi connectivity index (χ1n) is 7.58. The molecule has 5 heteroatoms. The maximum atomic E-state index is 12.5. The highest BCUT2D eigenvalue weighted by atomic mass is 35.5. The first kappa shape index (κ1) is 13.9. The van der Waals surface area contributed by atoms with Crippen molar-refractivity contribution in [2.24, 2.45) is 17.8 Å². The highest BCUT2D eigenvalue weighted by Crippen LogP contribution is 2.43. The molecule has 0 unspecified atom stereocenters. The second kappa shape index (κ2) is 5.15. The number of amides is 1. The summed E-state index contributed by atoms with van der Waals surface area (Å²) in [5, 5.41) is 4.22. The highest BCUT2D eigenvalue weighted by Gasteiger charge is 2.47. The largest absolute Gasteiger partial charge is 0.349 e. The van der Waals surface area contributed by atoms with E-state index in [1.807, 2.05) is 0 Å². The number of halogens is 2. The van der Waals surface area contributed by atoms with Crippen molar-refractivity contribution in [1.82, 2.24) is 10.2 Å². The Labute approximate surface area is 134 Å². The van der Waals surface area contributed by atoms with Crippen LogP contribution in [0.2, 0.25) is 10.0 Å². The first-order chi connectivity index (χ1) is 10.1. The lowest BCUT2D eigenvalue weighted by molar-refractivity contribution is -0.0418. The predicted molar refractivity (Wildman–Crippen MR) is 83.9 cm³/mol. The van der Waals surface area contributed by atoms with Crippen LogP contribution in [0.1, 0.15) is 23.2 Å². The SMILES string of the molecule is O=C(NC1[C@H]2CC3C[C@H]1CN(C3)C2)c1ccc(Cl)cc1Cl. The Morgan fingerprint density at radius 1 is 1.14 bits per heavy atom. The Bertz CT molecular complexity index is 562. The Balaban J connectivity index is 1.52. The summed E-state index contributed by atoms with van der Waals surface area (Å²) in [6, 6.07) is 5.35. The third-order valence-electron chi connectivity index (χ3n) is 5.26. The van der Waals surface area contributed by atoms with Crippen LogP contribution in [0, 0.1) is 17.8 Å². The van der Waals surface area contributed by atoms with Crippen molar-refractivity contribution in [2.75, 3.05) is 19.6 Å². The minimum Gasteiger partial charge on any atom is -0.349 e. The van der Waals surface area contributed by atoms with Crippen molar-refractivity contribution in [3.63, 3.8) is 0 Å². The third-order valence-corrected chi connectivity index (χ3v) is 5.81. The summed E-state index contributed by atoms with van der Waals surface area (Å²) in [4.78, 5) is 15.1. The van der Waals surface area contributed by atoms with Crippen molar-refractivity contribution in [3.8, 4) is 0 Å². The van der Waals surface area contributed by atoms with Crippen molar-refractivity contribution >= 4 is 29.1 Å². The summed E-state index contributed by atoms with van der Waals surface area (Å²) in [5.41, 5.74) is 0.523. The number of benzene rings is 1. The molecule has 4 aliphatic rings. The molecular weight excluding hydrogens is 307 g/mol. The molecule has 2 atom stereocenters. The quantitative estimate of drug-likeness (QED) is 0.906. The van der Waals surface area contributed by atoms with Crippen LogP contribution in [0.15, 0.2) is 18.2 Å². The summed E-state index contributed by atoms with van der Waals surface area (Å²) in [6.45, 7) is 3.52. The van der Waals surface area contributed by atoms with Gasteiger partial charge in [0.1, 0.15) is 0 Å². The van der Waals surface area contributed by atoms with Gasteiger partial charge < -0.3 is 10.2 Å². The second-order valence-corrected chi connectivity index (χ2v) is 7.54. The molecule has 4 fully saturated rings. The molecule has 1 aliphatic carbocycles. The lowest BCUT2D eigenvalue weighted by atomic mass is 9.65. The number of rotatable bonds is 2. The van der Waals surface area contributed by atoms with Gasteiger partial charge in [0.25, 0.3) is 5.91 Å². The van der Waals surface area contributed by atoms with Gasteiger partial charge in [-0.25, -0.2) is 0 Å². The van der Waals surface area contributed by atoms with E-state index in [1.165, 1.54) is 19.4 Å². The van der Waals surface area contributed by atoms with E-state index in [4.69, 9.17) is 23.2 Å². The lowest BCUT2D eigenvalue weighted by Crippen LogP contribution is -2.64. The van der Waals surface area contributed by atoms with Gasteiger partial charge in [0, 0.05) is 30.7 Å². The molecule has 1 N–H and O–H groups in total. The number of hydrogen-bond acceptors (Lipinski definition) is 2. The van der Waals surface area contributed by atoms with Gasteiger partial charge in [-0.05, 0) is 48.8 Å². The predicted octanol–water partition coefficient (Wildman–Crippen LogP) is 3.06. The van der Waals surface area contributed by atoms with E-state index in [0.717, 1.165) is 19.0 Å². The summed E-state index contributed by atoms with van der Waals surface area (Å²) in [6.07, 6.45) is 2.51. The van der Waals surface area contributed by atoms with E-state index < -0.39 is 0 Å². The summed E-state index contributed by atoms with van der Waals surface area (Å²) >= 11 is 12.0. The molecule has 0 spiro atoms. The molecule has 1 saturated carbocycles. The fourth-order valence-electron chi connectivity index (χ4n) is 4.55. The monoisotopic (exact) mass is 324 g/mol. The van der Waals surface area contributed by atoms with Gasteiger partial charge in [-0.3, -0.25) is 4.79 Å². The van der Waals surface area contributed by atoms with Gasteiger partial charge in [-0.2, -0.15) is 0 Å². The average Bonchev–Trinajstić information content (AvgIpc) is 2.41. The van der Waals surface area contributed by atoms with Crippen LogP contribution in [-0.2, 0) is 0 Å². The molecule has 5 rings (SSSR count). The fraction of sp³-hybridized carbons (Fsp3) is 0.562. The number of nitrogens with zero attached hydrogens (tertiary/aromatic N) is 1. The Kier molecular flexibility index (Phi) is 3.40. The zero-order chi connectivity index (χ0) is 14.6. The standard InChI is InChI=1S/C16H18Cl2N2O/c17-12-1-2-13(14(18)5-12)16(21)19-15-10-3-9-4-11(15)8-20(6-9)7-10/h1-2,5,9-11,15H,3-4,6-8H2,(H,19,21)/t9?,10-,11-,15?/m0/s1. The topological polar surface area (TPSA) is 32.3 Å². The summed E-state index contributed by atoms with van der Waals surface area (Å²) < 4.78 is 0. The third kappa shape index (κ3) is 2.45. The summed E-state index contributed by atoms with van der Waals surface area (Å²) in [5.74, 6) is 1.98. The second-order valence-electron chi connectivity index (χ2n) is 6.70. The Morgan fingerprint density at radius 3 is 2.48 bits per heavy atom. The molecule has 112 valence electrons. The number of hydrogen-bond donors (Lipinski definition) is 1. The van der Waals surface area contributed by atoms with Gasteiger partial charge in [0.05, 0.1) is 10.6 Å². The van der Waals surface area contributed by atoms with Crippen molar-refractivity contribution in [2.45, 2.75) is 18.9 Å². The van der Waals surface area contributed by atoms with E-state index in [0.29, 0.717) is 33.5 Å². The number of nitrogens with one attached hydrogen (secondary N) is 1. The number of carbonyl (C=O) groups excluding carboxylic acids is 1. The van der Waals surface area contributed by atoms with Gasteiger partial charge in [-0.15, -0.1) is 0 Å². The zero-order valence-corrected chi connectivity index (χ0v) is 13.2. The van der Waals surface area contributed by atoms with E-state index in [1.54, 1.807) is 18.2 Å². The van der Waals surface area contributed by atoms with Crippen LogP contribution >= 0.6 is 23.2 Å². The van der Waals surface area contributed by atoms with E-state index in [-0.39, 0.29) is 5.91 Å². The molecule has 0 aromatic heterocycles. The summed E-state index contributed by atoms with van der Waals surface area (Å²) in [7, 11) is 0. The fourth-order valence-corrected chi connectivity index (χ4v) is 5.04. The normalized spacial score (nSPS) is 36.8. The molecule has 1 aromatic carbocycles. The number of piperidine rings is 3. The molecule has 0 radical (unpaired) electrons. The number of carbonyl (C=O) groups is 1. The van der Waals surface area contributed by atoms with Crippen LogP contribution in [0.3, 0.4) is 0 Å². The van der Waals surface area contributed by atoms with Crippen LogP contribution in [0.5, 0.6) is 0 Å². The van der Waals surface area contributed by atoms with Crippen LogP contribution in [-0.4, -0.2) is 36.5 Å². The van der Waals surface area contributed by atoms with Crippen molar-refractivity contribution < 1.29 is 4.79 Å². The first-order valence-corrected chi connectivity index (χ1v) is 8.34. The molecule has 3 saturated heterocycles. The van der Waals surface area contributed by atoms with Gasteiger partial charge in [-0.1, -0.05) is 23.2 Å². The molecule has 1 amide bonds.